The molecule has 4 aromatic rings. The molecule has 3 aromatic carbocycles. The summed E-state index contributed by atoms with van der Waals surface area (Å²) in [6.45, 7) is 2.35. The average molecular weight is 632 g/mol. The predicted molar refractivity (Wildman–Crippen MR) is 175 cm³/mol. The first-order valence-corrected chi connectivity index (χ1v) is 15.9. The number of H-pyrrole nitrogens is 1. The van der Waals surface area contributed by atoms with Crippen molar-refractivity contribution in [1.29, 1.82) is 0 Å². The van der Waals surface area contributed by atoms with E-state index in [1.807, 2.05) is 67.7 Å². The first kappa shape index (κ1) is 30.9. The Hall–Kier alpha value is -4.08. The second-order valence-corrected chi connectivity index (χ2v) is 12.8. The van der Waals surface area contributed by atoms with E-state index in [0.717, 1.165) is 40.7 Å². The second-order valence-electron chi connectivity index (χ2n) is 12.4. The Kier molecular flexibility index (Phi) is 9.28. The fourth-order valence-corrected chi connectivity index (χ4v) is 6.79. The number of aromatic nitrogens is 1. The molecule has 2 N–H and O–H groups in total. The van der Waals surface area contributed by atoms with Gasteiger partial charge in [-0.1, -0.05) is 29.8 Å². The Morgan fingerprint density at radius 2 is 1.84 bits per heavy atom. The number of nitrogens with zero attached hydrogens (tertiary/aromatic N) is 3. The van der Waals surface area contributed by atoms with Crippen molar-refractivity contribution in [1.82, 2.24) is 20.1 Å². The van der Waals surface area contributed by atoms with E-state index in [2.05, 4.69) is 15.2 Å². The Bertz CT molecular complexity index is 1650. The summed E-state index contributed by atoms with van der Waals surface area (Å²) in [6, 6.07) is 18.6. The van der Waals surface area contributed by atoms with E-state index in [0.29, 0.717) is 49.7 Å². The highest BCUT2D eigenvalue weighted by Gasteiger charge is 2.35. The number of piperidine rings is 1. The van der Waals surface area contributed by atoms with Crippen LogP contribution in [-0.4, -0.2) is 79.1 Å². The summed E-state index contributed by atoms with van der Waals surface area (Å²) in [7, 11) is 4.07. The number of amides is 3. The molecule has 0 saturated carbocycles. The van der Waals surface area contributed by atoms with Gasteiger partial charge >= 0.3 is 6.03 Å². The number of ether oxygens (including phenoxy) is 1. The Morgan fingerprint density at radius 3 is 2.60 bits per heavy atom. The number of likely N-dealkylation sites (tertiary alicyclic amines) is 1. The number of benzene rings is 3. The molecule has 2 atom stereocenters. The number of fused-ring (bicyclic) bond motifs is 2. The van der Waals surface area contributed by atoms with E-state index >= 15 is 0 Å². The van der Waals surface area contributed by atoms with E-state index in [9.17, 15) is 14.0 Å². The van der Waals surface area contributed by atoms with Gasteiger partial charge in [0.1, 0.15) is 23.7 Å². The zero-order valence-electron chi connectivity index (χ0n) is 25.6. The van der Waals surface area contributed by atoms with Gasteiger partial charge in [0.15, 0.2) is 0 Å². The lowest BCUT2D eigenvalue weighted by molar-refractivity contribution is -0.120. The molecule has 0 spiro atoms. The third kappa shape index (κ3) is 7.26. The van der Waals surface area contributed by atoms with Crippen molar-refractivity contribution in [2.75, 3.05) is 45.2 Å². The number of halogens is 2. The summed E-state index contributed by atoms with van der Waals surface area (Å²) in [5, 5.41) is 4.79. The van der Waals surface area contributed by atoms with Gasteiger partial charge in [-0.2, -0.15) is 0 Å². The van der Waals surface area contributed by atoms with Crippen LogP contribution >= 0.6 is 11.6 Å². The normalized spacial score (nSPS) is 17.8. The van der Waals surface area contributed by atoms with Crippen LogP contribution in [0.3, 0.4) is 0 Å². The number of carbonyl (C=O) groups is 2. The van der Waals surface area contributed by atoms with Gasteiger partial charge in [-0.05, 0) is 86.1 Å². The van der Waals surface area contributed by atoms with Gasteiger partial charge in [-0.15, -0.1) is 0 Å². The molecule has 0 radical (unpaired) electrons. The van der Waals surface area contributed by atoms with Crippen molar-refractivity contribution in [2.45, 2.75) is 37.8 Å². The number of hydrogen-bond donors (Lipinski definition) is 2. The zero-order valence-corrected chi connectivity index (χ0v) is 26.4. The highest BCUT2D eigenvalue weighted by Crippen LogP contribution is 2.33. The second kappa shape index (κ2) is 13.5. The monoisotopic (exact) mass is 631 g/mol. The minimum absolute atomic E-state index is 0.0755. The largest absolute Gasteiger partial charge is 0.490 e. The molecule has 1 saturated heterocycles. The highest BCUT2D eigenvalue weighted by molar-refractivity contribution is 6.30. The maximum atomic E-state index is 14.5. The minimum Gasteiger partial charge on any atom is -0.490 e. The molecule has 8 nitrogen and oxygen atoms in total. The van der Waals surface area contributed by atoms with Crippen LogP contribution in [0.2, 0.25) is 5.02 Å². The lowest BCUT2D eigenvalue weighted by Gasteiger charge is -2.38. The lowest BCUT2D eigenvalue weighted by Crippen LogP contribution is -2.56. The maximum Gasteiger partial charge on any atom is 0.318 e. The number of nitrogens with one attached hydrogen (secondary N) is 2. The highest BCUT2D eigenvalue weighted by atomic mass is 35.5. The Labute approximate surface area is 268 Å². The molecule has 1 aromatic heterocycles. The molecule has 6 rings (SSSR count). The molecule has 0 aliphatic carbocycles. The number of rotatable bonds is 8. The summed E-state index contributed by atoms with van der Waals surface area (Å²) in [5.74, 6) is 0.379. The van der Waals surface area contributed by atoms with Crippen LogP contribution in [0.5, 0.6) is 5.75 Å². The molecule has 10 heteroatoms. The molecular weight excluding hydrogens is 593 g/mol. The van der Waals surface area contributed by atoms with Gasteiger partial charge in [-0.25, -0.2) is 9.18 Å². The molecule has 0 bridgehead atoms. The first-order chi connectivity index (χ1) is 21.7. The average Bonchev–Trinajstić information content (AvgIpc) is 3.43. The molecule has 2 aliphatic heterocycles. The zero-order chi connectivity index (χ0) is 31.5. The summed E-state index contributed by atoms with van der Waals surface area (Å²) in [5.41, 5.74) is 3.83. The number of para-hydroxylation sites is 1. The van der Waals surface area contributed by atoms with Crippen molar-refractivity contribution >= 4 is 40.1 Å². The van der Waals surface area contributed by atoms with Gasteiger partial charge in [0.25, 0.3) is 0 Å². The quantitative estimate of drug-likeness (QED) is 0.254. The van der Waals surface area contributed by atoms with E-state index < -0.39 is 6.04 Å². The standard InChI is InChI=1S/C35H39ClFN5O3/c1-40(2)21-23-17-24-18-26(36)7-12-33(24)42(22-23)34(43)32(19-25-20-38-31-6-4-3-5-30(25)31)39-35(44)41-15-13-29(14-16-41)45-28-10-8-27(37)9-11-28/h3-12,18,20,23,29,32,38H,13-17,19,21-22H2,1-2H3,(H,39,44)/t23-,32-/m1/s1. The molecule has 3 amide bonds. The third-order valence-corrected chi connectivity index (χ3v) is 8.95. The summed E-state index contributed by atoms with van der Waals surface area (Å²) in [6.07, 6.45) is 4.29. The number of anilines is 1. The molecule has 3 heterocycles. The summed E-state index contributed by atoms with van der Waals surface area (Å²) < 4.78 is 19.3. The molecular formula is C35H39ClFN5O3. The van der Waals surface area contributed by atoms with E-state index in [1.54, 1.807) is 17.0 Å². The van der Waals surface area contributed by atoms with Crippen molar-refractivity contribution in [2.24, 2.45) is 5.92 Å². The first-order valence-electron chi connectivity index (χ1n) is 15.5. The summed E-state index contributed by atoms with van der Waals surface area (Å²) >= 11 is 6.38. The Morgan fingerprint density at radius 1 is 1.09 bits per heavy atom. The van der Waals surface area contributed by atoms with Crippen molar-refractivity contribution < 1.29 is 18.7 Å². The van der Waals surface area contributed by atoms with Gasteiger partial charge < -0.3 is 29.7 Å². The topological polar surface area (TPSA) is 80.9 Å². The molecule has 2 aliphatic rings. The SMILES string of the molecule is CN(C)C[C@H]1Cc2cc(Cl)ccc2N(C(=O)[C@@H](Cc2c[nH]c3ccccc23)NC(=O)N2CCC(Oc3ccc(F)cc3)CC2)C1. The van der Waals surface area contributed by atoms with Crippen LogP contribution in [0, 0.1) is 11.7 Å². The summed E-state index contributed by atoms with van der Waals surface area (Å²) in [4.78, 5) is 37.3. The molecule has 45 heavy (non-hydrogen) atoms. The maximum absolute atomic E-state index is 14.5. The van der Waals surface area contributed by atoms with Crippen molar-refractivity contribution in [3.05, 3.63) is 94.9 Å². The van der Waals surface area contributed by atoms with Crippen LogP contribution in [0.4, 0.5) is 14.9 Å². The van der Waals surface area contributed by atoms with Crippen molar-refractivity contribution in [3.8, 4) is 5.75 Å². The van der Waals surface area contributed by atoms with Gasteiger partial charge in [0, 0.05) is 73.3 Å². The van der Waals surface area contributed by atoms with Crippen LogP contribution in [0.1, 0.15) is 24.0 Å². The number of carbonyl (C=O) groups excluding carboxylic acids is 2. The van der Waals surface area contributed by atoms with E-state index in [-0.39, 0.29) is 29.8 Å². The van der Waals surface area contributed by atoms with E-state index in [1.165, 1.54) is 12.1 Å². The fraction of sp³-hybridized carbons (Fsp3) is 0.371. The van der Waals surface area contributed by atoms with Crippen LogP contribution < -0.4 is 15.0 Å². The number of hydrogen-bond acceptors (Lipinski definition) is 4. The van der Waals surface area contributed by atoms with Gasteiger partial charge in [0.05, 0.1) is 0 Å². The predicted octanol–water partition coefficient (Wildman–Crippen LogP) is 5.89. The van der Waals surface area contributed by atoms with Crippen LogP contribution in [0.15, 0.2) is 72.9 Å². The minimum atomic E-state index is -0.786. The van der Waals surface area contributed by atoms with E-state index in [4.69, 9.17) is 16.3 Å². The van der Waals surface area contributed by atoms with Crippen molar-refractivity contribution in [3.63, 3.8) is 0 Å². The number of urea groups is 1. The Balaban J connectivity index is 1.21. The van der Waals surface area contributed by atoms with Crippen LogP contribution in [-0.2, 0) is 17.6 Å². The fourth-order valence-electron chi connectivity index (χ4n) is 6.59. The number of aromatic amines is 1. The third-order valence-electron chi connectivity index (χ3n) is 8.71. The van der Waals surface area contributed by atoms with Gasteiger partial charge in [0.2, 0.25) is 5.91 Å². The van der Waals surface area contributed by atoms with Gasteiger partial charge in [-0.3, -0.25) is 4.79 Å². The smallest absolute Gasteiger partial charge is 0.318 e. The molecule has 236 valence electrons. The van der Waals surface area contributed by atoms with Crippen LogP contribution in [0.25, 0.3) is 10.9 Å². The molecule has 0 unspecified atom stereocenters. The lowest BCUT2D eigenvalue weighted by atomic mass is 9.91. The molecule has 1 fully saturated rings.